The predicted molar refractivity (Wildman–Crippen MR) is 128 cm³/mol. The second-order valence-corrected chi connectivity index (χ2v) is 8.71. The zero-order valence-electron chi connectivity index (χ0n) is 16.7. The number of thioether (sulfide) groups is 1. The molecular formula is C20H21BrN8OS. The van der Waals surface area contributed by atoms with Crippen LogP contribution in [0, 0.1) is 0 Å². The van der Waals surface area contributed by atoms with E-state index in [2.05, 4.69) is 57.2 Å². The van der Waals surface area contributed by atoms with Crippen molar-refractivity contribution in [3.05, 3.63) is 47.2 Å². The van der Waals surface area contributed by atoms with E-state index in [0.29, 0.717) is 5.65 Å². The van der Waals surface area contributed by atoms with Gasteiger partial charge in [-0.1, -0.05) is 18.3 Å². The van der Waals surface area contributed by atoms with Crippen molar-refractivity contribution in [2.45, 2.75) is 0 Å². The van der Waals surface area contributed by atoms with Gasteiger partial charge in [0.2, 0.25) is 0 Å². The second kappa shape index (κ2) is 9.58. The summed E-state index contributed by atoms with van der Waals surface area (Å²) in [6.45, 7) is 6.79. The Kier molecular flexibility index (Phi) is 6.64. The van der Waals surface area contributed by atoms with Gasteiger partial charge in [0.1, 0.15) is 11.3 Å². The first-order valence-electron chi connectivity index (χ1n) is 9.61. The SMILES string of the molecule is C=CSC(N)=NC(=O)CN1CCN(c2c(Br)cnc3nc(-c4cccnc4)[nH]c23)CC1. The highest BCUT2D eigenvalue weighted by Crippen LogP contribution is 2.34. The van der Waals surface area contributed by atoms with Gasteiger partial charge in [0.25, 0.3) is 5.91 Å². The number of aliphatic imine (C=N–C) groups is 1. The van der Waals surface area contributed by atoms with E-state index in [1.54, 1.807) is 24.0 Å². The molecule has 1 aliphatic rings. The molecule has 1 aliphatic heterocycles. The van der Waals surface area contributed by atoms with Crippen LogP contribution in [0.4, 0.5) is 5.69 Å². The Morgan fingerprint density at radius 1 is 1.35 bits per heavy atom. The van der Waals surface area contributed by atoms with Crippen molar-refractivity contribution < 1.29 is 4.79 Å². The van der Waals surface area contributed by atoms with Gasteiger partial charge < -0.3 is 15.6 Å². The molecule has 1 amide bonds. The van der Waals surface area contributed by atoms with Crippen molar-refractivity contribution in [2.24, 2.45) is 10.7 Å². The fraction of sp³-hybridized carbons (Fsp3) is 0.250. The Bertz CT molecular complexity index is 1120. The Morgan fingerprint density at radius 3 is 2.87 bits per heavy atom. The number of fused-ring (bicyclic) bond motifs is 1. The van der Waals surface area contributed by atoms with Crippen molar-refractivity contribution in [2.75, 3.05) is 37.6 Å². The van der Waals surface area contributed by atoms with Crippen LogP contribution < -0.4 is 10.6 Å². The van der Waals surface area contributed by atoms with Crippen molar-refractivity contribution in [1.29, 1.82) is 0 Å². The maximum absolute atomic E-state index is 12.1. The number of nitrogens with two attached hydrogens (primary N) is 1. The van der Waals surface area contributed by atoms with E-state index in [1.165, 1.54) is 0 Å². The molecule has 31 heavy (non-hydrogen) atoms. The molecule has 3 aromatic rings. The zero-order chi connectivity index (χ0) is 21.8. The average Bonchev–Trinajstić information content (AvgIpc) is 3.19. The number of amidine groups is 1. The molecule has 3 aromatic heterocycles. The van der Waals surface area contributed by atoms with Crippen LogP contribution >= 0.6 is 27.7 Å². The van der Waals surface area contributed by atoms with Gasteiger partial charge in [0, 0.05) is 50.3 Å². The van der Waals surface area contributed by atoms with Crippen molar-refractivity contribution >= 4 is 55.6 Å². The first-order chi connectivity index (χ1) is 15.0. The van der Waals surface area contributed by atoms with E-state index in [0.717, 1.165) is 65.0 Å². The van der Waals surface area contributed by atoms with E-state index in [1.807, 2.05) is 12.1 Å². The topological polar surface area (TPSA) is 116 Å². The lowest BCUT2D eigenvalue weighted by Gasteiger charge is -2.35. The van der Waals surface area contributed by atoms with E-state index >= 15 is 0 Å². The van der Waals surface area contributed by atoms with E-state index in [4.69, 9.17) is 5.73 Å². The molecule has 1 saturated heterocycles. The third-order valence-electron chi connectivity index (χ3n) is 4.87. The fourth-order valence-corrected chi connectivity index (χ4v) is 4.34. The molecule has 0 unspecified atom stereocenters. The summed E-state index contributed by atoms with van der Waals surface area (Å²) in [6, 6.07) is 3.83. The molecule has 0 aromatic carbocycles. The number of amides is 1. The molecule has 160 valence electrons. The molecule has 11 heteroatoms. The van der Waals surface area contributed by atoms with Gasteiger partial charge >= 0.3 is 0 Å². The number of carbonyl (C=O) groups is 1. The summed E-state index contributed by atoms with van der Waals surface area (Å²) in [4.78, 5) is 37.0. The number of anilines is 1. The minimum atomic E-state index is -0.248. The number of H-pyrrole nitrogens is 1. The molecule has 0 bridgehead atoms. The molecule has 3 N–H and O–H groups in total. The Morgan fingerprint density at radius 2 is 2.16 bits per heavy atom. The number of hydrogen-bond acceptors (Lipinski definition) is 7. The number of nitrogens with one attached hydrogen (secondary N) is 1. The van der Waals surface area contributed by atoms with E-state index < -0.39 is 0 Å². The summed E-state index contributed by atoms with van der Waals surface area (Å²) in [7, 11) is 0. The normalized spacial score (nSPS) is 15.4. The van der Waals surface area contributed by atoms with Gasteiger partial charge in [0.05, 0.1) is 16.7 Å². The molecule has 9 nitrogen and oxygen atoms in total. The molecule has 0 spiro atoms. The first kappa shape index (κ1) is 21.5. The lowest BCUT2D eigenvalue weighted by molar-refractivity contribution is -0.118. The molecule has 4 rings (SSSR count). The number of piperazine rings is 1. The van der Waals surface area contributed by atoms with Crippen LogP contribution in [0.15, 0.2) is 52.2 Å². The predicted octanol–water partition coefficient (Wildman–Crippen LogP) is 2.62. The highest BCUT2D eigenvalue weighted by molar-refractivity contribution is 9.10. The minimum Gasteiger partial charge on any atom is -0.378 e. The van der Waals surface area contributed by atoms with Crippen LogP contribution in [-0.2, 0) is 4.79 Å². The van der Waals surface area contributed by atoms with Crippen molar-refractivity contribution in [3.63, 3.8) is 0 Å². The number of hydrogen-bond donors (Lipinski definition) is 2. The molecule has 0 saturated carbocycles. The standard InChI is InChI=1S/C20H21BrN8OS/c1-2-31-20(22)25-15(30)12-28-6-8-29(9-7-28)17-14(21)11-24-19-16(17)26-18(27-19)13-4-3-5-23-10-13/h2-5,10-11H,1,6-9,12H2,(H2,22,25,30)(H,24,26,27). The van der Waals surface area contributed by atoms with Gasteiger partial charge in [-0.05, 0) is 33.5 Å². The largest absolute Gasteiger partial charge is 0.378 e. The summed E-state index contributed by atoms with van der Waals surface area (Å²) in [6.07, 6.45) is 5.27. The first-order valence-corrected chi connectivity index (χ1v) is 11.3. The maximum atomic E-state index is 12.1. The molecular weight excluding hydrogens is 480 g/mol. The molecule has 0 atom stereocenters. The highest BCUT2D eigenvalue weighted by atomic mass is 79.9. The summed E-state index contributed by atoms with van der Waals surface area (Å²) in [5, 5.41) is 1.76. The number of halogens is 1. The van der Waals surface area contributed by atoms with Crippen LogP contribution in [0.25, 0.3) is 22.6 Å². The van der Waals surface area contributed by atoms with Gasteiger partial charge in [-0.15, -0.1) is 0 Å². The number of imidazole rings is 1. The number of pyridine rings is 2. The number of carbonyl (C=O) groups excluding carboxylic acids is 1. The highest BCUT2D eigenvalue weighted by Gasteiger charge is 2.24. The van der Waals surface area contributed by atoms with Gasteiger partial charge in [-0.3, -0.25) is 14.7 Å². The maximum Gasteiger partial charge on any atom is 0.262 e. The third-order valence-corrected chi connectivity index (χ3v) is 5.95. The van der Waals surface area contributed by atoms with Crippen LogP contribution in [0.1, 0.15) is 0 Å². The van der Waals surface area contributed by atoms with Gasteiger partial charge in [-0.2, -0.15) is 4.99 Å². The quantitative estimate of drug-likeness (QED) is 0.405. The van der Waals surface area contributed by atoms with E-state index in [9.17, 15) is 4.79 Å². The number of rotatable bonds is 5. The summed E-state index contributed by atoms with van der Waals surface area (Å²) in [5.41, 5.74) is 9.12. The minimum absolute atomic E-state index is 0.213. The Hall–Kier alpha value is -2.76. The lowest BCUT2D eigenvalue weighted by Crippen LogP contribution is -2.48. The van der Waals surface area contributed by atoms with Crippen LogP contribution in [0.2, 0.25) is 0 Å². The molecule has 0 aliphatic carbocycles. The smallest absolute Gasteiger partial charge is 0.262 e. The monoisotopic (exact) mass is 500 g/mol. The van der Waals surface area contributed by atoms with Crippen LogP contribution in [0.5, 0.6) is 0 Å². The number of aromatic amines is 1. The fourth-order valence-electron chi connectivity index (χ4n) is 3.46. The number of nitrogens with zero attached hydrogens (tertiary/aromatic N) is 6. The second-order valence-electron chi connectivity index (χ2n) is 6.87. The average molecular weight is 501 g/mol. The molecule has 1 fully saturated rings. The molecule has 4 heterocycles. The van der Waals surface area contributed by atoms with Crippen LogP contribution in [0.3, 0.4) is 0 Å². The van der Waals surface area contributed by atoms with Crippen molar-refractivity contribution in [3.8, 4) is 11.4 Å². The Balaban J connectivity index is 1.49. The third kappa shape index (κ3) is 4.94. The number of aromatic nitrogens is 4. The summed E-state index contributed by atoms with van der Waals surface area (Å²) >= 11 is 4.78. The Labute approximate surface area is 192 Å². The van der Waals surface area contributed by atoms with Gasteiger partial charge in [-0.25, -0.2) is 9.97 Å². The lowest BCUT2D eigenvalue weighted by atomic mass is 10.2. The van der Waals surface area contributed by atoms with Crippen molar-refractivity contribution in [1.82, 2.24) is 24.8 Å². The van der Waals surface area contributed by atoms with Crippen LogP contribution in [-0.4, -0.2) is 68.6 Å². The van der Waals surface area contributed by atoms with E-state index in [-0.39, 0.29) is 17.6 Å². The zero-order valence-corrected chi connectivity index (χ0v) is 19.1. The molecule has 0 radical (unpaired) electrons. The summed E-state index contributed by atoms with van der Waals surface area (Å²) in [5.74, 6) is 0.481. The van der Waals surface area contributed by atoms with Gasteiger partial charge in [0.15, 0.2) is 10.8 Å². The summed E-state index contributed by atoms with van der Waals surface area (Å²) < 4.78 is 0.893.